The van der Waals surface area contributed by atoms with Gasteiger partial charge in [-0.2, -0.15) is 10.5 Å². The van der Waals surface area contributed by atoms with E-state index in [1.807, 2.05) is 48.7 Å². The summed E-state index contributed by atoms with van der Waals surface area (Å²) in [6, 6.07) is 22.9. The van der Waals surface area contributed by atoms with Gasteiger partial charge >= 0.3 is 0 Å². The first-order valence-corrected chi connectivity index (χ1v) is 26.9. The zero-order valence-corrected chi connectivity index (χ0v) is 43.2. The van der Waals surface area contributed by atoms with E-state index in [-0.39, 0.29) is 37.0 Å². The van der Waals surface area contributed by atoms with Crippen LogP contribution in [0.4, 0.5) is 11.6 Å². The summed E-state index contributed by atoms with van der Waals surface area (Å²) in [5.74, 6) is 0.716. The molecule has 0 saturated carbocycles. The van der Waals surface area contributed by atoms with Crippen LogP contribution in [0, 0.1) is 34.0 Å². The number of benzene rings is 3. The number of hydrogen-bond acceptors (Lipinski definition) is 14. The molecule has 17 heteroatoms. The molecule has 7 heterocycles. The number of fused-ring (bicyclic) bond motifs is 1. The molecule has 74 heavy (non-hydrogen) atoms. The summed E-state index contributed by atoms with van der Waals surface area (Å²) in [4.78, 5) is 71.6. The Balaban J connectivity index is 0.639. The van der Waals surface area contributed by atoms with E-state index in [0.29, 0.717) is 46.2 Å². The number of piperidine rings is 5. The maximum Gasteiger partial charge on any atom is 0.262 e. The average molecular weight is 1020 g/mol. The van der Waals surface area contributed by atoms with Crippen LogP contribution in [0.25, 0.3) is 0 Å². The Morgan fingerprint density at radius 2 is 1.43 bits per heavy atom. The number of nitrogens with zero attached hydrogens (tertiary/aromatic N) is 9. The average Bonchev–Trinajstić information content (AvgIpc) is 3.67. The molecule has 10 rings (SSSR count). The van der Waals surface area contributed by atoms with E-state index >= 15 is 0 Å². The van der Waals surface area contributed by atoms with Crippen molar-refractivity contribution >= 4 is 46.9 Å². The van der Waals surface area contributed by atoms with E-state index in [9.17, 15) is 29.7 Å². The van der Waals surface area contributed by atoms with E-state index in [0.717, 1.165) is 111 Å². The van der Waals surface area contributed by atoms with Crippen molar-refractivity contribution in [3.05, 3.63) is 106 Å². The van der Waals surface area contributed by atoms with Crippen molar-refractivity contribution in [1.29, 1.82) is 10.5 Å². The highest BCUT2D eigenvalue weighted by Gasteiger charge is 2.45. The second-order valence-corrected chi connectivity index (χ2v) is 22.0. The van der Waals surface area contributed by atoms with E-state index in [1.165, 1.54) is 38.8 Å². The fraction of sp³-hybridized carbons (Fsp3) is 0.509. The largest absolute Gasteiger partial charge is 0.490 e. The van der Waals surface area contributed by atoms with Gasteiger partial charge in [0.15, 0.2) is 5.75 Å². The van der Waals surface area contributed by atoms with E-state index in [4.69, 9.17) is 26.1 Å². The van der Waals surface area contributed by atoms with E-state index in [2.05, 4.69) is 55.9 Å². The van der Waals surface area contributed by atoms with Crippen molar-refractivity contribution in [2.24, 2.45) is 11.3 Å². The first kappa shape index (κ1) is 50.9. The summed E-state index contributed by atoms with van der Waals surface area (Å²) in [6.45, 7) is 14.1. The second kappa shape index (κ2) is 21.7. The molecule has 0 radical (unpaired) electrons. The number of hydrogen-bond donors (Lipinski definition) is 1. The van der Waals surface area contributed by atoms with Gasteiger partial charge in [0.2, 0.25) is 17.8 Å². The number of amides is 4. The topological polar surface area (TPSA) is 188 Å². The van der Waals surface area contributed by atoms with Crippen molar-refractivity contribution in [2.45, 2.75) is 102 Å². The van der Waals surface area contributed by atoms with Gasteiger partial charge in [-0.05, 0) is 155 Å². The number of aromatic nitrogens is 2. The molecule has 3 aromatic carbocycles. The number of nitriles is 2. The quantitative estimate of drug-likeness (QED) is 0.0986. The molecule has 0 bridgehead atoms. The van der Waals surface area contributed by atoms with Gasteiger partial charge in [0, 0.05) is 62.5 Å². The van der Waals surface area contributed by atoms with Gasteiger partial charge in [-0.3, -0.25) is 29.4 Å². The molecule has 1 unspecified atom stereocenters. The van der Waals surface area contributed by atoms with Gasteiger partial charge in [-0.25, -0.2) is 9.97 Å². The Labute approximate surface area is 438 Å². The number of carbonyl (C=O) groups excluding carboxylic acids is 4. The van der Waals surface area contributed by atoms with E-state index in [1.54, 1.807) is 18.2 Å². The van der Waals surface area contributed by atoms with Crippen LogP contribution in [-0.2, 0) is 21.6 Å². The Morgan fingerprint density at radius 1 is 0.757 bits per heavy atom. The van der Waals surface area contributed by atoms with Crippen molar-refractivity contribution in [2.75, 3.05) is 81.2 Å². The predicted molar refractivity (Wildman–Crippen MR) is 279 cm³/mol. The van der Waals surface area contributed by atoms with Crippen LogP contribution in [0.2, 0.25) is 0 Å². The molecule has 5 fully saturated rings. The van der Waals surface area contributed by atoms with Crippen LogP contribution in [0.15, 0.2) is 66.9 Å². The van der Waals surface area contributed by atoms with Crippen LogP contribution < -0.4 is 24.6 Å². The molecule has 4 amide bonds. The molecular formula is C57H65ClN10O6. The summed E-state index contributed by atoms with van der Waals surface area (Å²) in [7, 11) is 0. The minimum absolute atomic E-state index is 0.102. The monoisotopic (exact) mass is 1020 g/mol. The third kappa shape index (κ3) is 10.5. The Bertz CT molecular complexity index is 2810. The van der Waals surface area contributed by atoms with Crippen LogP contribution in [-0.4, -0.2) is 132 Å². The molecule has 386 valence electrons. The smallest absolute Gasteiger partial charge is 0.262 e. The number of carbonyl (C=O) groups is 4. The first-order chi connectivity index (χ1) is 35.8. The van der Waals surface area contributed by atoms with Gasteiger partial charge < -0.3 is 29.1 Å². The fourth-order valence-corrected chi connectivity index (χ4v) is 12.3. The minimum atomic E-state index is -0.961. The summed E-state index contributed by atoms with van der Waals surface area (Å²) in [6.07, 6.45) is 11.5. The molecule has 0 aliphatic carbocycles. The number of halogens is 1. The number of anilines is 2. The van der Waals surface area contributed by atoms with Gasteiger partial charge in [-0.1, -0.05) is 26.0 Å². The molecule has 6 aliphatic heterocycles. The molecule has 1 aromatic heterocycles. The summed E-state index contributed by atoms with van der Waals surface area (Å²) >= 11 is 5.80. The highest BCUT2D eigenvalue weighted by molar-refractivity contribution is 6.23. The van der Waals surface area contributed by atoms with Crippen molar-refractivity contribution in [3.63, 3.8) is 0 Å². The summed E-state index contributed by atoms with van der Waals surface area (Å²) < 4.78 is 11.9. The molecule has 4 aromatic rings. The van der Waals surface area contributed by atoms with Crippen molar-refractivity contribution < 1.29 is 28.7 Å². The SMILES string of the molecule is CC(C)(c1ccc(OCc2ccnc(N3CCC4(CC3)CCN(C3CCN(CC5CCN(c6ccc7c(c6)C(=O)N(C6CCC(=O)NC6=O)C7=O)CC5)CC3)CC4)n2)cc1)c1cc(C#N)c(OCCCl)c(C#N)c1. The number of alkyl halides is 1. The van der Waals surface area contributed by atoms with E-state index < -0.39 is 29.2 Å². The summed E-state index contributed by atoms with van der Waals surface area (Å²) in [5.41, 5.74) is 4.73. The lowest BCUT2D eigenvalue weighted by molar-refractivity contribution is -0.136. The number of imide groups is 2. The normalized spacial score (nSPS) is 21.1. The molecule has 16 nitrogen and oxygen atoms in total. The Hall–Kier alpha value is -6.59. The maximum absolute atomic E-state index is 13.4. The summed E-state index contributed by atoms with van der Waals surface area (Å²) in [5, 5.41) is 22.0. The van der Waals surface area contributed by atoms with Crippen molar-refractivity contribution in [3.8, 4) is 23.6 Å². The maximum atomic E-state index is 13.4. The Morgan fingerprint density at radius 3 is 2.09 bits per heavy atom. The molecule has 1 atom stereocenters. The third-order valence-corrected chi connectivity index (χ3v) is 17.2. The number of likely N-dealkylation sites (tertiary alicyclic amines) is 2. The molecule has 6 aliphatic rings. The van der Waals surface area contributed by atoms with Crippen LogP contribution >= 0.6 is 11.6 Å². The number of ether oxygens (including phenoxy) is 2. The fourth-order valence-electron chi connectivity index (χ4n) is 12.3. The Kier molecular flexibility index (Phi) is 14.9. The predicted octanol–water partition coefficient (Wildman–Crippen LogP) is 7.21. The van der Waals surface area contributed by atoms with Gasteiger partial charge in [0.1, 0.15) is 37.1 Å². The number of nitrogens with one attached hydrogen (secondary N) is 1. The molecule has 1 spiro atoms. The first-order valence-electron chi connectivity index (χ1n) is 26.4. The van der Waals surface area contributed by atoms with Crippen LogP contribution in [0.1, 0.15) is 127 Å². The highest BCUT2D eigenvalue weighted by Crippen LogP contribution is 2.43. The zero-order valence-electron chi connectivity index (χ0n) is 42.5. The number of rotatable bonds is 14. The lowest BCUT2D eigenvalue weighted by Crippen LogP contribution is -2.54. The zero-order chi connectivity index (χ0) is 51.6. The van der Waals surface area contributed by atoms with Gasteiger partial charge in [-0.15, -0.1) is 11.6 Å². The second-order valence-electron chi connectivity index (χ2n) is 21.6. The highest BCUT2D eigenvalue weighted by atomic mass is 35.5. The minimum Gasteiger partial charge on any atom is -0.490 e. The standard InChI is InChI=1S/C57H65ClN10O6/c1-56(2,42-31-39(34-59)51(73-30-20-58)40(32-42)35-60)41-3-6-46(7-4-41)74-37-43-11-21-61-55(62-43)67-28-18-57(19-29-67)16-26-66(27-17-57)44-14-22-64(23-15-44)36-38-12-24-65(25-13-38)45-5-8-47-48(33-45)54(72)68(53(47)71)49-9-10-50(69)63-52(49)70/h3-8,11,21,31-33,38,44,49H,9-10,12-20,22-30,36-37H2,1-2H3,(H,63,69,70). The molecule has 5 saturated heterocycles. The lowest BCUT2D eigenvalue weighted by atomic mass is 9.71. The molecular weight excluding hydrogens is 956 g/mol. The lowest BCUT2D eigenvalue weighted by Gasteiger charge is -2.49. The van der Waals surface area contributed by atoms with Crippen LogP contribution in [0.5, 0.6) is 11.5 Å². The van der Waals surface area contributed by atoms with Crippen LogP contribution in [0.3, 0.4) is 0 Å². The molecule has 1 N–H and O–H groups in total. The van der Waals surface area contributed by atoms with Gasteiger partial charge in [0.05, 0.1) is 33.8 Å². The van der Waals surface area contributed by atoms with Gasteiger partial charge in [0.25, 0.3) is 11.8 Å². The third-order valence-electron chi connectivity index (χ3n) is 17.0. The van der Waals surface area contributed by atoms with Crippen molar-refractivity contribution in [1.82, 2.24) is 30.0 Å².